The number of nitrogens with zero attached hydrogens (tertiary/aromatic N) is 5. The number of aromatic nitrogens is 4. The Kier molecular flexibility index (Phi) is 6.42. The number of H-pyrrole nitrogens is 1. The number of pyridine rings is 1. The van der Waals surface area contributed by atoms with Crippen LogP contribution >= 0.6 is 0 Å². The molecule has 4 heterocycles. The number of hydrogen-bond donors (Lipinski definition) is 1. The zero-order valence-electron chi connectivity index (χ0n) is 18.4. The van der Waals surface area contributed by atoms with E-state index in [1.807, 2.05) is 54.7 Å². The van der Waals surface area contributed by atoms with Crippen LogP contribution in [-0.4, -0.2) is 45.8 Å². The number of fused-ring (bicyclic) bond motifs is 1. The van der Waals surface area contributed by atoms with Crippen LogP contribution in [0.4, 0.5) is 5.82 Å². The average molecular weight is 443 g/mol. The van der Waals surface area contributed by atoms with Gasteiger partial charge in [0.15, 0.2) is 0 Å². The molecule has 1 saturated heterocycles. The third-order valence-electron chi connectivity index (χ3n) is 5.62. The normalized spacial score (nSPS) is 14.1. The molecule has 33 heavy (non-hydrogen) atoms. The number of anilines is 1. The predicted octanol–water partition coefficient (Wildman–Crippen LogP) is 4.38. The van der Waals surface area contributed by atoms with E-state index >= 15 is 0 Å². The molecule has 0 saturated carbocycles. The van der Waals surface area contributed by atoms with E-state index in [1.165, 1.54) is 6.42 Å². The Morgan fingerprint density at radius 2 is 1.91 bits per heavy atom. The second-order valence-corrected chi connectivity index (χ2v) is 7.93. The number of aromatic amines is 1. The lowest BCUT2D eigenvalue weighted by Gasteiger charge is -2.27. The van der Waals surface area contributed by atoms with Crippen molar-refractivity contribution in [1.82, 2.24) is 19.9 Å². The molecule has 0 atom stereocenters. The summed E-state index contributed by atoms with van der Waals surface area (Å²) in [5, 5.41) is 5.25. The van der Waals surface area contributed by atoms with E-state index in [4.69, 9.17) is 9.57 Å². The number of oxime groups is 1. The summed E-state index contributed by atoms with van der Waals surface area (Å²) in [7, 11) is 0. The van der Waals surface area contributed by atoms with E-state index in [1.54, 1.807) is 12.4 Å². The van der Waals surface area contributed by atoms with E-state index in [2.05, 4.69) is 30.0 Å². The average Bonchev–Trinajstić information content (AvgIpc) is 3.28. The van der Waals surface area contributed by atoms with Crippen molar-refractivity contribution in [3.63, 3.8) is 0 Å². The molecule has 0 unspecified atom stereocenters. The molecule has 8 heteroatoms. The Bertz CT molecular complexity index is 1220. The van der Waals surface area contributed by atoms with Gasteiger partial charge >= 0.3 is 6.01 Å². The van der Waals surface area contributed by atoms with Gasteiger partial charge in [0, 0.05) is 60.1 Å². The van der Waals surface area contributed by atoms with Crippen molar-refractivity contribution in [2.75, 3.05) is 24.6 Å². The largest absolute Gasteiger partial charge is 0.463 e. The van der Waals surface area contributed by atoms with Crippen LogP contribution in [-0.2, 0) is 6.42 Å². The topological polar surface area (TPSA) is 88.5 Å². The Morgan fingerprint density at radius 3 is 2.79 bits per heavy atom. The Balaban J connectivity index is 1.31. The van der Waals surface area contributed by atoms with Crippen molar-refractivity contribution >= 4 is 22.9 Å². The van der Waals surface area contributed by atoms with Gasteiger partial charge in [0.25, 0.3) is 5.88 Å². The fourth-order valence-electron chi connectivity index (χ4n) is 3.92. The molecule has 0 aliphatic carbocycles. The number of rotatable bonds is 8. The van der Waals surface area contributed by atoms with E-state index in [9.17, 15) is 0 Å². The monoisotopic (exact) mass is 442 g/mol. The lowest BCUT2D eigenvalue weighted by molar-refractivity contribution is 0.278. The minimum atomic E-state index is 0.284. The molecule has 8 nitrogen and oxygen atoms in total. The Morgan fingerprint density at radius 1 is 1.03 bits per heavy atom. The highest BCUT2D eigenvalue weighted by Gasteiger charge is 2.16. The van der Waals surface area contributed by atoms with Gasteiger partial charge in [-0.1, -0.05) is 29.4 Å². The van der Waals surface area contributed by atoms with E-state index in [0.29, 0.717) is 18.9 Å². The second-order valence-electron chi connectivity index (χ2n) is 7.93. The lowest BCUT2D eigenvalue weighted by atomic mass is 10.1. The summed E-state index contributed by atoms with van der Waals surface area (Å²) in [5.74, 6) is 1.16. The second kappa shape index (κ2) is 10.1. The standard InChI is InChI=1S/C25H26N6O2/c1-6-13-31(14-7-1)23-16-24(30-25(29-23)32-15-11-20-8-4-5-12-26-20)33-28-18-19-17-27-22-10-3-2-9-21(19)22/h2-5,8-10,12,16-18,27H,1,6-7,11,13-15H2/b28-18+. The predicted molar refractivity (Wildman–Crippen MR) is 128 cm³/mol. The quantitative estimate of drug-likeness (QED) is 0.322. The van der Waals surface area contributed by atoms with Gasteiger partial charge in [-0.15, -0.1) is 0 Å². The molecule has 5 rings (SSSR count). The Labute approximate surface area is 192 Å². The van der Waals surface area contributed by atoms with Crippen molar-refractivity contribution in [2.45, 2.75) is 25.7 Å². The van der Waals surface area contributed by atoms with Crippen LogP contribution in [0.3, 0.4) is 0 Å². The summed E-state index contributed by atoms with van der Waals surface area (Å²) in [6.07, 6.45) is 9.58. The van der Waals surface area contributed by atoms with Crippen molar-refractivity contribution in [3.8, 4) is 11.9 Å². The smallest absolute Gasteiger partial charge is 0.321 e. The summed E-state index contributed by atoms with van der Waals surface area (Å²) in [6, 6.07) is 16.0. The molecule has 1 aliphatic rings. The molecule has 1 fully saturated rings. The van der Waals surface area contributed by atoms with Crippen molar-refractivity contribution in [2.24, 2.45) is 5.16 Å². The summed E-state index contributed by atoms with van der Waals surface area (Å²) in [5.41, 5.74) is 2.96. The first-order valence-corrected chi connectivity index (χ1v) is 11.3. The maximum absolute atomic E-state index is 5.87. The summed E-state index contributed by atoms with van der Waals surface area (Å²) < 4.78 is 5.87. The SMILES string of the molecule is C(=N\Oc1cc(N2CCCCC2)nc(OCCc2ccccn2)n1)/c1c[nH]c2ccccc12. The van der Waals surface area contributed by atoms with Gasteiger partial charge < -0.3 is 19.5 Å². The van der Waals surface area contributed by atoms with Crippen LogP contribution in [0.2, 0.25) is 0 Å². The summed E-state index contributed by atoms with van der Waals surface area (Å²) >= 11 is 0. The molecule has 1 aromatic carbocycles. The molecular weight excluding hydrogens is 416 g/mol. The van der Waals surface area contributed by atoms with Crippen LogP contribution in [0.1, 0.15) is 30.5 Å². The van der Waals surface area contributed by atoms with Gasteiger partial charge in [0.05, 0.1) is 12.8 Å². The number of ether oxygens (including phenoxy) is 1. The lowest BCUT2D eigenvalue weighted by Crippen LogP contribution is -2.30. The first kappa shape index (κ1) is 20.9. The zero-order chi connectivity index (χ0) is 22.3. The van der Waals surface area contributed by atoms with Crippen molar-refractivity contribution in [1.29, 1.82) is 0 Å². The minimum absolute atomic E-state index is 0.284. The van der Waals surface area contributed by atoms with Crippen LogP contribution in [0, 0.1) is 0 Å². The van der Waals surface area contributed by atoms with Gasteiger partial charge in [-0.2, -0.15) is 9.97 Å². The van der Waals surface area contributed by atoms with Crippen LogP contribution in [0.5, 0.6) is 11.9 Å². The molecule has 1 N–H and O–H groups in total. The minimum Gasteiger partial charge on any atom is -0.463 e. The van der Waals surface area contributed by atoms with Crippen LogP contribution in [0.25, 0.3) is 10.9 Å². The van der Waals surface area contributed by atoms with Gasteiger partial charge in [0.1, 0.15) is 5.82 Å². The highest BCUT2D eigenvalue weighted by atomic mass is 16.6. The number of nitrogens with one attached hydrogen (secondary N) is 1. The third-order valence-corrected chi connectivity index (χ3v) is 5.62. The molecular formula is C25H26N6O2. The molecule has 0 radical (unpaired) electrons. The summed E-state index contributed by atoms with van der Waals surface area (Å²) in [4.78, 5) is 24.5. The molecule has 168 valence electrons. The molecule has 3 aromatic heterocycles. The van der Waals surface area contributed by atoms with E-state index < -0.39 is 0 Å². The van der Waals surface area contributed by atoms with Gasteiger partial charge in [-0.3, -0.25) is 4.98 Å². The van der Waals surface area contributed by atoms with Gasteiger partial charge in [0.2, 0.25) is 0 Å². The maximum atomic E-state index is 5.87. The van der Waals surface area contributed by atoms with E-state index in [-0.39, 0.29) is 6.01 Å². The molecule has 0 spiro atoms. The number of benzene rings is 1. The number of para-hydroxylation sites is 1. The summed E-state index contributed by atoms with van der Waals surface area (Å²) in [6.45, 7) is 2.35. The first-order chi connectivity index (χ1) is 16.3. The van der Waals surface area contributed by atoms with Crippen molar-refractivity contribution in [3.05, 3.63) is 72.2 Å². The number of hydrogen-bond acceptors (Lipinski definition) is 7. The first-order valence-electron chi connectivity index (χ1n) is 11.3. The van der Waals surface area contributed by atoms with E-state index in [0.717, 1.165) is 53.9 Å². The van der Waals surface area contributed by atoms with Gasteiger partial charge in [-0.25, -0.2) is 0 Å². The van der Waals surface area contributed by atoms with Crippen LogP contribution in [0.15, 0.2) is 66.1 Å². The highest BCUT2D eigenvalue weighted by molar-refractivity contribution is 5.98. The number of piperidine rings is 1. The van der Waals surface area contributed by atoms with Gasteiger partial charge in [-0.05, 0) is 37.5 Å². The highest BCUT2D eigenvalue weighted by Crippen LogP contribution is 2.24. The fourth-order valence-corrected chi connectivity index (χ4v) is 3.92. The maximum Gasteiger partial charge on any atom is 0.321 e. The molecule has 4 aromatic rings. The van der Waals surface area contributed by atoms with Crippen LogP contribution < -0.4 is 14.5 Å². The third kappa shape index (κ3) is 5.28. The molecule has 0 bridgehead atoms. The molecule has 1 aliphatic heterocycles. The molecule has 0 amide bonds. The van der Waals surface area contributed by atoms with Crippen molar-refractivity contribution < 1.29 is 9.57 Å². The Hall–Kier alpha value is -3.94. The fraction of sp³-hybridized carbons (Fsp3) is 0.280. The zero-order valence-corrected chi connectivity index (χ0v) is 18.4.